The molecular weight excluding hydrogens is 603 g/mol. The highest BCUT2D eigenvalue weighted by Crippen LogP contribution is 2.51. The lowest BCUT2D eigenvalue weighted by molar-refractivity contribution is -0.146. The maximum Gasteiger partial charge on any atom is 0.434 e. The van der Waals surface area contributed by atoms with Crippen LogP contribution < -0.4 is 20.7 Å². The van der Waals surface area contributed by atoms with E-state index < -0.39 is 34.8 Å². The summed E-state index contributed by atoms with van der Waals surface area (Å²) < 4.78 is 55.4. The number of fused-ring (bicyclic) bond motifs is 3. The van der Waals surface area contributed by atoms with Crippen LogP contribution in [0.25, 0.3) is 0 Å². The van der Waals surface area contributed by atoms with Crippen LogP contribution in [-0.4, -0.2) is 65.4 Å². The number of hydrogen-bond acceptors (Lipinski definition) is 8. The predicted octanol–water partition coefficient (Wildman–Crippen LogP) is 4.90. The van der Waals surface area contributed by atoms with E-state index >= 15 is 0 Å². The molecule has 6 rings (SSSR count). The van der Waals surface area contributed by atoms with E-state index in [4.69, 9.17) is 15.2 Å². The SMILES string of the molecule is CC1CC2CC(C1)C(NC(=O)c1c(CCN)nc(N3CCc4cc(OCCC5CCOCC5)ccc43)nc1C(F)(F)F)(C(=O)O)C2. The molecule has 4 unspecified atom stereocenters. The van der Waals surface area contributed by atoms with Gasteiger partial charge in [0.25, 0.3) is 5.91 Å². The third-order valence-electron chi connectivity index (χ3n) is 10.2. The van der Waals surface area contributed by atoms with E-state index in [1.165, 1.54) is 0 Å². The van der Waals surface area contributed by atoms with Crippen molar-refractivity contribution in [2.24, 2.45) is 29.4 Å². The summed E-state index contributed by atoms with van der Waals surface area (Å²) in [6.45, 7) is 4.44. The molecule has 10 nitrogen and oxygen atoms in total. The Morgan fingerprint density at radius 2 is 1.98 bits per heavy atom. The molecule has 1 aromatic carbocycles. The van der Waals surface area contributed by atoms with Crippen molar-refractivity contribution in [2.45, 2.75) is 76.4 Å². The average molecular weight is 646 g/mol. The highest BCUT2D eigenvalue weighted by molar-refractivity contribution is 6.00. The van der Waals surface area contributed by atoms with Gasteiger partial charge in [-0.3, -0.25) is 4.79 Å². The van der Waals surface area contributed by atoms with Gasteiger partial charge < -0.3 is 30.5 Å². The van der Waals surface area contributed by atoms with Crippen LogP contribution in [0.15, 0.2) is 18.2 Å². The highest BCUT2D eigenvalue weighted by Gasteiger charge is 2.57. The smallest absolute Gasteiger partial charge is 0.434 e. The molecule has 1 aromatic heterocycles. The van der Waals surface area contributed by atoms with Crippen molar-refractivity contribution in [1.29, 1.82) is 0 Å². The van der Waals surface area contributed by atoms with E-state index in [1.54, 1.807) is 17.0 Å². The lowest BCUT2D eigenvalue weighted by atomic mass is 9.78. The monoisotopic (exact) mass is 645 g/mol. The molecular formula is C33H42F3N5O5. The Hall–Kier alpha value is -3.45. The fourth-order valence-electron chi connectivity index (χ4n) is 8.10. The first-order valence-electron chi connectivity index (χ1n) is 16.3. The molecule has 4 N–H and O–H groups in total. The summed E-state index contributed by atoms with van der Waals surface area (Å²) in [6.07, 6.45) is 0.605. The molecule has 0 radical (unpaired) electrons. The van der Waals surface area contributed by atoms with Gasteiger partial charge in [-0.1, -0.05) is 6.92 Å². The number of ether oxygens (including phenoxy) is 2. The van der Waals surface area contributed by atoms with Gasteiger partial charge in [-0.2, -0.15) is 13.2 Å². The summed E-state index contributed by atoms with van der Waals surface area (Å²) in [5.74, 6) is -1.29. The summed E-state index contributed by atoms with van der Waals surface area (Å²) in [6, 6.07) is 5.48. The summed E-state index contributed by atoms with van der Waals surface area (Å²) in [4.78, 5) is 36.4. The second-order valence-corrected chi connectivity index (χ2v) is 13.4. The number of aliphatic carboxylic acids is 1. The number of carboxylic acids is 1. The number of nitrogens with zero attached hydrogens (tertiary/aromatic N) is 3. The largest absolute Gasteiger partial charge is 0.494 e. The minimum Gasteiger partial charge on any atom is -0.494 e. The van der Waals surface area contributed by atoms with Gasteiger partial charge in [0.2, 0.25) is 5.95 Å². The zero-order chi connectivity index (χ0) is 32.6. The van der Waals surface area contributed by atoms with E-state index in [0.717, 1.165) is 44.5 Å². The quantitative estimate of drug-likeness (QED) is 0.329. The van der Waals surface area contributed by atoms with Gasteiger partial charge in [0.05, 0.1) is 17.9 Å². The first kappa shape index (κ1) is 32.5. The van der Waals surface area contributed by atoms with E-state index in [1.807, 2.05) is 13.0 Å². The van der Waals surface area contributed by atoms with Gasteiger partial charge in [0.1, 0.15) is 11.3 Å². The zero-order valence-electron chi connectivity index (χ0n) is 26.1. The average Bonchev–Trinajstić information content (AvgIpc) is 3.54. The van der Waals surface area contributed by atoms with Gasteiger partial charge in [0.15, 0.2) is 5.69 Å². The Labute approximate surface area is 266 Å². The maximum atomic E-state index is 14.7. The fraction of sp³-hybridized carbons (Fsp3) is 0.636. The number of halogens is 3. The molecule has 3 heterocycles. The highest BCUT2D eigenvalue weighted by atomic mass is 19.4. The molecule has 13 heteroatoms. The van der Waals surface area contributed by atoms with Crippen molar-refractivity contribution in [1.82, 2.24) is 15.3 Å². The molecule has 4 atom stereocenters. The molecule has 2 aromatic rings. The second kappa shape index (κ2) is 13.0. The maximum absolute atomic E-state index is 14.7. The molecule has 46 heavy (non-hydrogen) atoms. The second-order valence-electron chi connectivity index (χ2n) is 13.4. The molecule has 1 amide bonds. The molecule has 2 bridgehead atoms. The topological polar surface area (TPSA) is 140 Å². The minimum atomic E-state index is -5.01. The summed E-state index contributed by atoms with van der Waals surface area (Å²) >= 11 is 0. The molecule has 2 aliphatic heterocycles. The van der Waals surface area contributed by atoms with Crippen LogP contribution in [0.5, 0.6) is 5.75 Å². The number of anilines is 2. The third kappa shape index (κ3) is 6.40. The standard InChI is InChI=1S/C33H42F3N5O5/c1-19-14-21-16-23(15-19)32(18-21,30(43)44)40-29(42)27-25(4-9-37)38-31(39-28(27)33(34,35)36)41-10-5-22-17-24(2-3-26(22)41)46-13-8-20-6-11-45-12-7-20/h2-3,17,19-21,23H,4-16,18,37H2,1H3,(H,40,42)(H,43,44). The van der Waals surface area contributed by atoms with E-state index in [2.05, 4.69) is 15.3 Å². The number of amides is 1. The molecule has 4 aliphatic rings. The Balaban J connectivity index is 1.27. The number of alkyl halides is 3. The molecule has 3 fully saturated rings. The van der Waals surface area contributed by atoms with Crippen LogP contribution in [0.4, 0.5) is 24.8 Å². The van der Waals surface area contributed by atoms with Crippen molar-refractivity contribution < 1.29 is 37.3 Å². The lowest BCUT2D eigenvalue weighted by Crippen LogP contribution is -2.57. The van der Waals surface area contributed by atoms with Gasteiger partial charge in [-0.15, -0.1) is 0 Å². The number of aromatic nitrogens is 2. The molecule has 2 aliphatic carbocycles. The van der Waals surface area contributed by atoms with Crippen molar-refractivity contribution in [3.05, 3.63) is 40.7 Å². The molecule has 0 spiro atoms. The molecule has 250 valence electrons. The Morgan fingerprint density at radius 1 is 1.20 bits per heavy atom. The van der Waals surface area contributed by atoms with Crippen LogP contribution in [0, 0.1) is 23.7 Å². The number of nitrogens with two attached hydrogens (primary N) is 1. The Bertz CT molecular complexity index is 1470. The Morgan fingerprint density at radius 3 is 2.70 bits per heavy atom. The van der Waals surface area contributed by atoms with Crippen molar-refractivity contribution >= 4 is 23.5 Å². The third-order valence-corrected chi connectivity index (χ3v) is 10.2. The minimum absolute atomic E-state index is 0.0640. The van der Waals surface area contributed by atoms with Crippen molar-refractivity contribution in [3.8, 4) is 5.75 Å². The number of nitrogens with one attached hydrogen (secondary N) is 1. The van der Waals surface area contributed by atoms with E-state index in [0.29, 0.717) is 49.8 Å². The van der Waals surface area contributed by atoms with Gasteiger partial charge >= 0.3 is 12.1 Å². The summed E-state index contributed by atoms with van der Waals surface area (Å²) in [5, 5.41) is 12.9. The van der Waals surface area contributed by atoms with Gasteiger partial charge in [-0.05, 0) is 105 Å². The summed E-state index contributed by atoms with van der Waals surface area (Å²) in [5.41, 5.74) is 3.40. The number of hydrogen-bond donors (Lipinski definition) is 3. The van der Waals surface area contributed by atoms with Crippen LogP contribution in [-0.2, 0) is 28.5 Å². The number of rotatable bonds is 10. The fourth-order valence-corrected chi connectivity index (χ4v) is 8.10. The summed E-state index contributed by atoms with van der Waals surface area (Å²) in [7, 11) is 0. The van der Waals surface area contributed by atoms with Crippen LogP contribution in [0.1, 0.15) is 79.2 Å². The van der Waals surface area contributed by atoms with Gasteiger partial charge in [-0.25, -0.2) is 14.8 Å². The number of carbonyl (C=O) groups is 2. The zero-order valence-corrected chi connectivity index (χ0v) is 26.1. The number of carbonyl (C=O) groups excluding carboxylic acids is 1. The van der Waals surface area contributed by atoms with Crippen molar-refractivity contribution in [2.75, 3.05) is 37.8 Å². The van der Waals surface area contributed by atoms with Crippen LogP contribution in [0.2, 0.25) is 0 Å². The molecule has 2 saturated carbocycles. The number of benzene rings is 1. The van der Waals surface area contributed by atoms with E-state index in [9.17, 15) is 27.9 Å². The first-order valence-corrected chi connectivity index (χ1v) is 16.3. The van der Waals surface area contributed by atoms with E-state index in [-0.39, 0.29) is 48.8 Å². The predicted molar refractivity (Wildman–Crippen MR) is 163 cm³/mol. The van der Waals surface area contributed by atoms with Crippen molar-refractivity contribution in [3.63, 3.8) is 0 Å². The normalized spacial score (nSPS) is 26.2. The van der Waals surface area contributed by atoms with Crippen LogP contribution >= 0.6 is 0 Å². The number of carboxylic acid groups (broad SMARTS) is 1. The lowest BCUT2D eigenvalue weighted by Gasteiger charge is -2.34. The van der Waals surface area contributed by atoms with Gasteiger partial charge in [0, 0.05) is 31.9 Å². The first-order chi connectivity index (χ1) is 22.0. The Kier molecular flexibility index (Phi) is 9.17. The van der Waals surface area contributed by atoms with Crippen LogP contribution in [0.3, 0.4) is 0 Å². The molecule has 1 saturated heterocycles.